The van der Waals surface area contributed by atoms with Crippen molar-refractivity contribution in [2.45, 2.75) is 33.7 Å². The quantitative estimate of drug-likeness (QED) is 0.765. The van der Waals surface area contributed by atoms with Crippen LogP contribution in [0.5, 0.6) is 0 Å². The molecule has 0 aliphatic rings. The SMILES string of the molecule is CCc1nnc(NC(=O)c2c(C)c3cc(Cl)ccc3n2CC)s1. The number of carbonyl (C=O) groups excluding carboxylic acids is 1. The Hall–Kier alpha value is -1.92. The van der Waals surface area contributed by atoms with Crippen LogP contribution in [0, 0.1) is 6.92 Å². The summed E-state index contributed by atoms with van der Waals surface area (Å²) in [5.41, 5.74) is 2.56. The van der Waals surface area contributed by atoms with Gasteiger partial charge < -0.3 is 4.57 Å². The molecule has 23 heavy (non-hydrogen) atoms. The van der Waals surface area contributed by atoms with Gasteiger partial charge in [0.15, 0.2) is 0 Å². The maximum atomic E-state index is 12.7. The van der Waals surface area contributed by atoms with Gasteiger partial charge in [-0.05, 0) is 44.0 Å². The van der Waals surface area contributed by atoms with E-state index in [1.807, 2.05) is 43.5 Å². The van der Waals surface area contributed by atoms with Crippen molar-refractivity contribution in [1.82, 2.24) is 14.8 Å². The van der Waals surface area contributed by atoms with Crippen LogP contribution in [0.25, 0.3) is 10.9 Å². The number of rotatable bonds is 4. The molecule has 0 saturated heterocycles. The third kappa shape index (κ3) is 2.84. The van der Waals surface area contributed by atoms with E-state index in [4.69, 9.17) is 11.6 Å². The molecule has 0 radical (unpaired) electrons. The number of halogens is 1. The van der Waals surface area contributed by atoms with E-state index in [9.17, 15) is 4.79 Å². The number of anilines is 1. The predicted octanol–water partition coefficient (Wildman–Crippen LogP) is 4.29. The summed E-state index contributed by atoms with van der Waals surface area (Å²) in [6.45, 7) is 6.67. The Kier molecular flexibility index (Phi) is 4.37. The van der Waals surface area contributed by atoms with Gasteiger partial charge in [0.25, 0.3) is 5.91 Å². The van der Waals surface area contributed by atoms with Crippen LogP contribution in [0.15, 0.2) is 18.2 Å². The first kappa shape index (κ1) is 16.0. The molecule has 7 heteroatoms. The minimum atomic E-state index is -0.171. The Balaban J connectivity index is 2.04. The monoisotopic (exact) mass is 348 g/mol. The fraction of sp³-hybridized carbons (Fsp3) is 0.312. The zero-order valence-electron chi connectivity index (χ0n) is 13.2. The van der Waals surface area contributed by atoms with E-state index in [1.165, 1.54) is 11.3 Å². The molecule has 0 atom stereocenters. The summed E-state index contributed by atoms with van der Waals surface area (Å²) >= 11 is 7.50. The molecule has 0 aliphatic carbocycles. The smallest absolute Gasteiger partial charge is 0.274 e. The molecule has 0 fully saturated rings. The summed E-state index contributed by atoms with van der Waals surface area (Å²) in [7, 11) is 0. The molecule has 0 unspecified atom stereocenters. The number of carbonyl (C=O) groups is 1. The fourth-order valence-electron chi connectivity index (χ4n) is 2.72. The van der Waals surface area contributed by atoms with Crippen molar-refractivity contribution in [3.05, 3.63) is 39.5 Å². The first-order valence-electron chi connectivity index (χ1n) is 7.47. The zero-order chi connectivity index (χ0) is 16.6. The van der Waals surface area contributed by atoms with Crippen molar-refractivity contribution in [3.63, 3.8) is 0 Å². The first-order valence-corrected chi connectivity index (χ1v) is 8.66. The highest BCUT2D eigenvalue weighted by Crippen LogP contribution is 2.29. The van der Waals surface area contributed by atoms with Gasteiger partial charge in [0.05, 0.1) is 0 Å². The summed E-state index contributed by atoms with van der Waals surface area (Å²) in [5.74, 6) is -0.171. The van der Waals surface area contributed by atoms with Crippen LogP contribution < -0.4 is 5.32 Å². The van der Waals surface area contributed by atoms with E-state index in [2.05, 4.69) is 15.5 Å². The van der Waals surface area contributed by atoms with Gasteiger partial charge in [0.2, 0.25) is 5.13 Å². The van der Waals surface area contributed by atoms with Crippen LogP contribution in [0.4, 0.5) is 5.13 Å². The van der Waals surface area contributed by atoms with Crippen molar-refractivity contribution in [2.75, 3.05) is 5.32 Å². The molecule has 0 saturated carbocycles. The number of hydrogen-bond donors (Lipinski definition) is 1. The van der Waals surface area contributed by atoms with Gasteiger partial charge in [-0.25, -0.2) is 0 Å². The molecule has 3 aromatic rings. The van der Waals surface area contributed by atoms with E-state index >= 15 is 0 Å². The van der Waals surface area contributed by atoms with Crippen molar-refractivity contribution in [3.8, 4) is 0 Å². The maximum Gasteiger partial charge on any atom is 0.274 e. The molecule has 0 aliphatic heterocycles. The lowest BCUT2D eigenvalue weighted by atomic mass is 10.1. The van der Waals surface area contributed by atoms with Gasteiger partial charge in [-0.1, -0.05) is 29.9 Å². The summed E-state index contributed by atoms with van der Waals surface area (Å²) in [6, 6.07) is 5.69. The van der Waals surface area contributed by atoms with Crippen LogP contribution in [-0.4, -0.2) is 20.7 Å². The summed E-state index contributed by atoms with van der Waals surface area (Å²) < 4.78 is 2.00. The van der Waals surface area contributed by atoms with Gasteiger partial charge in [0, 0.05) is 22.5 Å². The third-order valence-electron chi connectivity index (χ3n) is 3.80. The Labute approximate surface area is 143 Å². The number of aromatic nitrogens is 3. The van der Waals surface area contributed by atoms with Gasteiger partial charge in [-0.3, -0.25) is 10.1 Å². The number of amides is 1. The lowest BCUT2D eigenvalue weighted by Gasteiger charge is -2.08. The highest BCUT2D eigenvalue weighted by molar-refractivity contribution is 7.15. The zero-order valence-corrected chi connectivity index (χ0v) is 14.8. The number of nitrogens with zero attached hydrogens (tertiary/aromatic N) is 3. The summed E-state index contributed by atoms with van der Waals surface area (Å²) in [4.78, 5) is 12.7. The van der Waals surface area contributed by atoms with Crippen LogP contribution in [-0.2, 0) is 13.0 Å². The van der Waals surface area contributed by atoms with Crippen molar-refractivity contribution >= 4 is 44.9 Å². The number of aryl methyl sites for hydroxylation is 3. The van der Waals surface area contributed by atoms with Crippen molar-refractivity contribution in [2.24, 2.45) is 0 Å². The average Bonchev–Trinajstić information content (AvgIpc) is 3.09. The van der Waals surface area contributed by atoms with Crippen LogP contribution in [0.2, 0.25) is 5.02 Å². The van der Waals surface area contributed by atoms with E-state index < -0.39 is 0 Å². The number of benzene rings is 1. The predicted molar refractivity (Wildman–Crippen MR) is 94.6 cm³/mol. The van der Waals surface area contributed by atoms with E-state index in [0.717, 1.165) is 27.9 Å². The molecule has 0 bridgehead atoms. The van der Waals surface area contributed by atoms with E-state index in [-0.39, 0.29) is 5.91 Å². The molecule has 0 spiro atoms. The second-order valence-electron chi connectivity index (χ2n) is 5.19. The third-order valence-corrected chi connectivity index (χ3v) is 5.02. The molecule has 1 N–H and O–H groups in total. The Morgan fingerprint density at radius 2 is 2.13 bits per heavy atom. The first-order chi connectivity index (χ1) is 11.0. The number of hydrogen-bond acceptors (Lipinski definition) is 4. The van der Waals surface area contributed by atoms with E-state index in [1.54, 1.807) is 0 Å². The van der Waals surface area contributed by atoms with Gasteiger partial charge >= 0.3 is 0 Å². The second-order valence-corrected chi connectivity index (χ2v) is 6.69. The molecule has 1 aromatic carbocycles. The Bertz CT molecular complexity index is 884. The lowest BCUT2D eigenvalue weighted by Crippen LogP contribution is -2.17. The Morgan fingerprint density at radius 3 is 2.78 bits per heavy atom. The highest BCUT2D eigenvalue weighted by atomic mass is 35.5. The normalized spacial score (nSPS) is 11.1. The molecule has 2 aromatic heterocycles. The summed E-state index contributed by atoms with van der Waals surface area (Å²) in [5, 5.41) is 14.0. The molecular formula is C16H17ClN4OS. The average molecular weight is 349 g/mol. The largest absolute Gasteiger partial charge is 0.337 e. The van der Waals surface area contributed by atoms with Crippen LogP contribution >= 0.6 is 22.9 Å². The van der Waals surface area contributed by atoms with Gasteiger partial charge in [-0.15, -0.1) is 10.2 Å². The Morgan fingerprint density at radius 1 is 1.35 bits per heavy atom. The number of nitrogens with one attached hydrogen (secondary N) is 1. The molecule has 120 valence electrons. The minimum absolute atomic E-state index is 0.171. The van der Waals surface area contributed by atoms with Crippen molar-refractivity contribution in [1.29, 1.82) is 0 Å². The second kappa shape index (κ2) is 6.29. The molecule has 3 rings (SSSR count). The lowest BCUT2D eigenvalue weighted by molar-refractivity contribution is 0.101. The molecule has 5 nitrogen and oxygen atoms in total. The molecule has 1 amide bonds. The fourth-order valence-corrected chi connectivity index (χ4v) is 3.57. The number of fused-ring (bicyclic) bond motifs is 1. The van der Waals surface area contributed by atoms with Crippen LogP contribution in [0.1, 0.15) is 34.9 Å². The highest BCUT2D eigenvalue weighted by Gasteiger charge is 2.20. The van der Waals surface area contributed by atoms with Crippen molar-refractivity contribution < 1.29 is 4.79 Å². The van der Waals surface area contributed by atoms with E-state index in [0.29, 0.717) is 22.4 Å². The topological polar surface area (TPSA) is 59.8 Å². The van der Waals surface area contributed by atoms with Crippen LogP contribution in [0.3, 0.4) is 0 Å². The van der Waals surface area contributed by atoms with Gasteiger partial charge in [-0.2, -0.15) is 0 Å². The maximum absolute atomic E-state index is 12.7. The molecular weight excluding hydrogens is 332 g/mol. The standard InChI is InChI=1S/C16H17ClN4OS/c1-4-13-19-20-16(23-13)18-15(22)14-9(3)11-8-10(17)6-7-12(11)21(14)5-2/h6-8H,4-5H2,1-3H3,(H,18,20,22). The minimum Gasteiger partial charge on any atom is -0.337 e. The van der Waals surface area contributed by atoms with Gasteiger partial charge in [0.1, 0.15) is 10.7 Å². The molecule has 2 heterocycles. The summed E-state index contributed by atoms with van der Waals surface area (Å²) in [6.07, 6.45) is 0.806.